The molecular weight excluding hydrogens is 188 g/mol. The van der Waals surface area contributed by atoms with Gasteiger partial charge in [-0.3, -0.25) is 4.79 Å². The van der Waals surface area contributed by atoms with Gasteiger partial charge in [-0.2, -0.15) is 0 Å². The van der Waals surface area contributed by atoms with Gasteiger partial charge in [0.1, 0.15) is 0 Å². The first kappa shape index (κ1) is 10.5. The van der Waals surface area contributed by atoms with Crippen LogP contribution in [-0.2, 0) is 4.79 Å². The lowest BCUT2D eigenvalue weighted by molar-refractivity contribution is -0.121. The number of amides is 1. The molecule has 0 aromatic carbocycles. The van der Waals surface area contributed by atoms with Gasteiger partial charge in [0.15, 0.2) is 0 Å². The van der Waals surface area contributed by atoms with Crippen LogP contribution in [0.25, 0.3) is 0 Å². The van der Waals surface area contributed by atoms with Crippen LogP contribution in [0.5, 0.6) is 0 Å². The highest BCUT2D eigenvalue weighted by Gasteiger charge is 2.29. The molecule has 0 aromatic heterocycles. The van der Waals surface area contributed by atoms with E-state index in [4.69, 9.17) is 0 Å². The Morgan fingerprint density at radius 1 is 1.20 bits per heavy atom. The van der Waals surface area contributed by atoms with E-state index >= 15 is 0 Å². The smallest absolute Gasteiger partial charge is 0.227 e. The summed E-state index contributed by atoms with van der Waals surface area (Å²) in [5, 5.41) is 3.02. The van der Waals surface area contributed by atoms with Gasteiger partial charge >= 0.3 is 0 Å². The van der Waals surface area contributed by atoms with E-state index in [-0.39, 0.29) is 5.91 Å². The van der Waals surface area contributed by atoms with Gasteiger partial charge in [0, 0.05) is 30.4 Å². The zero-order chi connectivity index (χ0) is 10.8. The average Bonchev–Trinajstić information content (AvgIpc) is 2.93. The maximum absolute atomic E-state index is 11.6. The molecule has 1 aliphatic carbocycles. The van der Waals surface area contributed by atoms with Crippen molar-refractivity contribution in [1.29, 1.82) is 0 Å². The first-order valence-electron chi connectivity index (χ1n) is 5.92. The van der Waals surface area contributed by atoms with Crippen molar-refractivity contribution in [2.45, 2.75) is 39.5 Å². The van der Waals surface area contributed by atoms with E-state index in [2.05, 4.69) is 17.1 Å². The SMILES string of the molecule is CC(NC(=O)C1CC1)=C(C)N1CCCC1. The van der Waals surface area contributed by atoms with Crippen LogP contribution in [0.4, 0.5) is 0 Å². The molecule has 0 aromatic rings. The molecule has 0 spiro atoms. The van der Waals surface area contributed by atoms with E-state index in [1.807, 2.05) is 6.92 Å². The van der Waals surface area contributed by atoms with E-state index in [9.17, 15) is 4.79 Å². The normalized spacial score (nSPS) is 22.7. The van der Waals surface area contributed by atoms with Gasteiger partial charge in [0.25, 0.3) is 0 Å². The Balaban J connectivity index is 1.93. The number of hydrogen-bond donors (Lipinski definition) is 1. The zero-order valence-electron chi connectivity index (χ0n) is 9.68. The highest BCUT2D eigenvalue weighted by atomic mass is 16.2. The molecule has 2 aliphatic rings. The Morgan fingerprint density at radius 3 is 2.33 bits per heavy atom. The van der Waals surface area contributed by atoms with Gasteiger partial charge in [-0.25, -0.2) is 0 Å². The Kier molecular flexibility index (Phi) is 2.98. The highest BCUT2D eigenvalue weighted by molar-refractivity contribution is 5.82. The minimum Gasteiger partial charge on any atom is -0.374 e. The third kappa shape index (κ3) is 2.52. The molecule has 1 amide bonds. The topological polar surface area (TPSA) is 32.3 Å². The van der Waals surface area contributed by atoms with Gasteiger partial charge in [-0.1, -0.05) is 0 Å². The van der Waals surface area contributed by atoms with E-state index in [0.29, 0.717) is 5.92 Å². The second-order valence-electron chi connectivity index (χ2n) is 4.67. The van der Waals surface area contributed by atoms with Crippen molar-refractivity contribution in [3.63, 3.8) is 0 Å². The quantitative estimate of drug-likeness (QED) is 0.767. The molecule has 1 aliphatic heterocycles. The van der Waals surface area contributed by atoms with Gasteiger partial charge in [0.2, 0.25) is 5.91 Å². The third-order valence-corrected chi connectivity index (χ3v) is 3.38. The van der Waals surface area contributed by atoms with Crippen LogP contribution in [-0.4, -0.2) is 23.9 Å². The molecule has 0 radical (unpaired) electrons. The molecule has 0 unspecified atom stereocenters. The van der Waals surface area contributed by atoms with Crippen LogP contribution >= 0.6 is 0 Å². The molecule has 0 atom stereocenters. The average molecular weight is 208 g/mol. The molecule has 3 heteroatoms. The number of carbonyl (C=O) groups excluding carboxylic acids is 1. The number of carbonyl (C=O) groups is 1. The van der Waals surface area contributed by atoms with Crippen molar-refractivity contribution in [1.82, 2.24) is 10.2 Å². The monoisotopic (exact) mass is 208 g/mol. The van der Waals surface area contributed by atoms with E-state index < -0.39 is 0 Å². The molecule has 15 heavy (non-hydrogen) atoms. The Hall–Kier alpha value is -0.990. The molecule has 3 nitrogen and oxygen atoms in total. The minimum atomic E-state index is 0.214. The Morgan fingerprint density at radius 2 is 1.80 bits per heavy atom. The first-order valence-corrected chi connectivity index (χ1v) is 5.92. The summed E-state index contributed by atoms with van der Waals surface area (Å²) in [6.07, 6.45) is 4.70. The van der Waals surface area contributed by atoms with E-state index in [1.165, 1.54) is 18.5 Å². The van der Waals surface area contributed by atoms with Gasteiger partial charge < -0.3 is 10.2 Å². The number of allylic oxidation sites excluding steroid dienone is 2. The van der Waals surface area contributed by atoms with Crippen LogP contribution in [0.15, 0.2) is 11.4 Å². The summed E-state index contributed by atoms with van der Waals surface area (Å²) < 4.78 is 0. The van der Waals surface area contributed by atoms with Crippen molar-refractivity contribution in [3.8, 4) is 0 Å². The fourth-order valence-electron chi connectivity index (χ4n) is 2.01. The number of nitrogens with zero attached hydrogens (tertiary/aromatic N) is 1. The lowest BCUT2D eigenvalue weighted by Crippen LogP contribution is -2.27. The number of nitrogens with one attached hydrogen (secondary N) is 1. The number of rotatable bonds is 3. The second kappa shape index (κ2) is 4.25. The lowest BCUT2D eigenvalue weighted by Gasteiger charge is -2.21. The van der Waals surface area contributed by atoms with Crippen molar-refractivity contribution in [2.75, 3.05) is 13.1 Å². The first-order chi connectivity index (χ1) is 7.18. The third-order valence-electron chi connectivity index (χ3n) is 3.38. The molecule has 1 heterocycles. The summed E-state index contributed by atoms with van der Waals surface area (Å²) in [6, 6.07) is 0. The summed E-state index contributed by atoms with van der Waals surface area (Å²) in [5.41, 5.74) is 2.27. The molecule has 2 rings (SSSR count). The van der Waals surface area contributed by atoms with Crippen LogP contribution in [0, 0.1) is 5.92 Å². The van der Waals surface area contributed by atoms with Crippen LogP contribution < -0.4 is 5.32 Å². The standard InChI is InChI=1S/C12H20N2O/c1-9(13-12(15)11-5-6-11)10(2)14-7-3-4-8-14/h11H,3-8H2,1-2H3,(H,13,15). The maximum atomic E-state index is 11.6. The molecule has 2 fully saturated rings. The second-order valence-corrected chi connectivity index (χ2v) is 4.67. The maximum Gasteiger partial charge on any atom is 0.227 e. The number of hydrogen-bond acceptors (Lipinski definition) is 2. The van der Waals surface area contributed by atoms with E-state index in [0.717, 1.165) is 31.6 Å². The van der Waals surface area contributed by atoms with Crippen LogP contribution in [0.3, 0.4) is 0 Å². The highest BCUT2D eigenvalue weighted by Crippen LogP contribution is 2.29. The van der Waals surface area contributed by atoms with Crippen molar-refractivity contribution in [3.05, 3.63) is 11.4 Å². The minimum absolute atomic E-state index is 0.214. The predicted molar refractivity (Wildman–Crippen MR) is 60.0 cm³/mol. The number of likely N-dealkylation sites (tertiary alicyclic amines) is 1. The largest absolute Gasteiger partial charge is 0.374 e. The summed E-state index contributed by atoms with van der Waals surface area (Å²) in [4.78, 5) is 13.9. The summed E-state index contributed by atoms with van der Waals surface area (Å²) in [6.45, 7) is 6.40. The van der Waals surface area contributed by atoms with Gasteiger partial charge in [-0.15, -0.1) is 0 Å². The van der Waals surface area contributed by atoms with Crippen molar-refractivity contribution in [2.24, 2.45) is 5.92 Å². The molecule has 0 bridgehead atoms. The molecule has 1 saturated carbocycles. The van der Waals surface area contributed by atoms with Crippen LogP contribution in [0.2, 0.25) is 0 Å². The molecule has 1 saturated heterocycles. The van der Waals surface area contributed by atoms with Crippen molar-refractivity contribution >= 4 is 5.91 Å². The summed E-state index contributed by atoms with van der Waals surface area (Å²) in [5.74, 6) is 0.511. The zero-order valence-corrected chi connectivity index (χ0v) is 9.68. The predicted octanol–water partition coefficient (Wildman–Crippen LogP) is 1.86. The van der Waals surface area contributed by atoms with Gasteiger partial charge in [-0.05, 0) is 39.5 Å². The summed E-state index contributed by atoms with van der Waals surface area (Å²) >= 11 is 0. The molecule has 84 valence electrons. The lowest BCUT2D eigenvalue weighted by atomic mass is 10.3. The Bertz CT molecular complexity index is 286. The summed E-state index contributed by atoms with van der Waals surface area (Å²) in [7, 11) is 0. The Labute approximate surface area is 91.5 Å². The molecule has 1 N–H and O–H groups in total. The van der Waals surface area contributed by atoms with E-state index in [1.54, 1.807) is 0 Å². The fraction of sp³-hybridized carbons (Fsp3) is 0.750. The van der Waals surface area contributed by atoms with Crippen LogP contribution in [0.1, 0.15) is 39.5 Å². The molecular formula is C12H20N2O. The van der Waals surface area contributed by atoms with Crippen molar-refractivity contribution < 1.29 is 4.79 Å². The fourth-order valence-corrected chi connectivity index (χ4v) is 2.01. The van der Waals surface area contributed by atoms with Gasteiger partial charge in [0.05, 0.1) is 0 Å².